The van der Waals surface area contributed by atoms with Crippen molar-refractivity contribution in [1.29, 1.82) is 0 Å². The fourth-order valence-electron chi connectivity index (χ4n) is 13.8. The molecular formula is C46H59IN4O8. The van der Waals surface area contributed by atoms with Crippen LogP contribution in [0.25, 0.3) is 10.9 Å². The predicted molar refractivity (Wildman–Crippen MR) is 230 cm³/mol. The molecule has 0 amide bonds. The number of hydrogen-bond donors (Lipinski definition) is 1. The third-order valence-electron chi connectivity index (χ3n) is 15.8. The highest BCUT2D eigenvalue weighted by molar-refractivity contribution is 14.1. The molecule has 13 heteroatoms. The number of aromatic nitrogens is 1. The van der Waals surface area contributed by atoms with Crippen molar-refractivity contribution < 1.29 is 38.1 Å². The second kappa shape index (κ2) is 15.0. The number of carbonyl (C=O) groups excluding carboxylic acids is 3. The number of nitrogens with one attached hydrogen (secondary N) is 1. The second-order valence-electron chi connectivity index (χ2n) is 18.1. The van der Waals surface area contributed by atoms with Crippen molar-refractivity contribution in [2.45, 2.75) is 94.7 Å². The molecule has 1 saturated carbocycles. The van der Waals surface area contributed by atoms with E-state index in [4.69, 9.17) is 23.7 Å². The number of methoxy groups -OCH3 is 4. The Bertz CT molecular complexity index is 2170. The Balaban J connectivity index is 1.33. The Morgan fingerprint density at radius 1 is 1.00 bits per heavy atom. The minimum atomic E-state index is -1.65. The minimum absolute atomic E-state index is 0.0677. The average Bonchev–Trinajstić information content (AvgIpc) is 3.88. The summed E-state index contributed by atoms with van der Waals surface area (Å²) in [6.07, 6.45) is 9.51. The number of halogens is 1. The Kier molecular flexibility index (Phi) is 10.4. The molecule has 2 aromatic rings. The number of rotatable bonds is 8. The van der Waals surface area contributed by atoms with Crippen LogP contribution in [0.3, 0.4) is 0 Å². The van der Waals surface area contributed by atoms with Gasteiger partial charge in [-0.25, -0.2) is 4.79 Å². The van der Waals surface area contributed by atoms with Crippen LogP contribution in [0.4, 0.5) is 0 Å². The quantitative estimate of drug-likeness (QED) is 0.151. The van der Waals surface area contributed by atoms with Gasteiger partial charge in [0, 0.05) is 97.0 Å². The first-order valence-electron chi connectivity index (χ1n) is 21.4. The van der Waals surface area contributed by atoms with Gasteiger partial charge in [0.15, 0.2) is 0 Å². The summed E-state index contributed by atoms with van der Waals surface area (Å²) < 4.78 is 32.4. The number of H-pyrrole nitrogens is 1. The van der Waals surface area contributed by atoms with Gasteiger partial charge in [0.05, 0.1) is 26.4 Å². The highest BCUT2D eigenvalue weighted by Gasteiger charge is 2.79. The lowest BCUT2D eigenvalue weighted by Gasteiger charge is -2.61. The lowest BCUT2D eigenvalue weighted by molar-refractivity contribution is -0.245. The molecule has 4 unspecified atom stereocenters. The zero-order valence-corrected chi connectivity index (χ0v) is 37.8. The Hall–Kier alpha value is -3.24. The number of piperidine rings is 1. The topological polar surface area (TPSA) is 123 Å². The maximum absolute atomic E-state index is 15.3. The van der Waals surface area contributed by atoms with Crippen LogP contribution in [0, 0.1) is 32.7 Å². The number of esters is 3. The summed E-state index contributed by atoms with van der Waals surface area (Å²) in [6, 6.07) is 5.80. The number of likely N-dealkylation sites (tertiary alicyclic amines) is 1. The summed E-state index contributed by atoms with van der Waals surface area (Å²) in [5, 5.41) is 1.12. The number of hydrogen-bond acceptors (Lipinski definition) is 11. The van der Waals surface area contributed by atoms with E-state index in [1.165, 1.54) is 26.7 Å². The van der Waals surface area contributed by atoms with Gasteiger partial charge in [-0.2, -0.15) is 0 Å². The lowest BCUT2D eigenvalue weighted by atomic mass is 9.50. The normalized spacial score (nSPS) is 38.4. The SMILES string of the molecule is CCC1=C[C@H]2CN(C1)Cc1c([nH]c3ccc(I)cc13)[C@@](C(=O)OC)(C1C=C3C(=CC1OC)N(C)[C@@H]1[C@]34CCN3CC[C@H](CC)C([C@H]34)[C@@H](OC(C)=O)[C@]1(OC)C(=O)OC)C2. The van der Waals surface area contributed by atoms with Crippen molar-refractivity contribution in [1.82, 2.24) is 19.7 Å². The first-order chi connectivity index (χ1) is 28.4. The molecule has 9 rings (SSSR count). The van der Waals surface area contributed by atoms with Crippen molar-refractivity contribution in [2.75, 3.05) is 61.7 Å². The van der Waals surface area contributed by atoms with E-state index in [0.717, 1.165) is 88.9 Å². The molecule has 1 aromatic carbocycles. The molecule has 1 aromatic heterocycles. The van der Waals surface area contributed by atoms with Crippen molar-refractivity contribution in [3.63, 3.8) is 0 Å². The second-order valence-corrected chi connectivity index (χ2v) is 19.4. The molecular weight excluding hydrogens is 863 g/mol. The molecule has 12 nitrogen and oxygen atoms in total. The first kappa shape index (κ1) is 41.1. The summed E-state index contributed by atoms with van der Waals surface area (Å²) in [5.74, 6) is -1.75. The van der Waals surface area contributed by atoms with Crippen molar-refractivity contribution >= 4 is 51.4 Å². The third kappa shape index (κ3) is 5.62. The molecule has 1 spiro atoms. The molecule has 3 saturated heterocycles. The highest BCUT2D eigenvalue weighted by atomic mass is 127. The fraction of sp³-hybridized carbons (Fsp3) is 0.630. The summed E-state index contributed by atoms with van der Waals surface area (Å²) in [6.45, 7) is 9.97. The van der Waals surface area contributed by atoms with E-state index in [9.17, 15) is 9.59 Å². The van der Waals surface area contributed by atoms with Crippen LogP contribution in [-0.4, -0.2) is 129 Å². The number of aromatic amines is 1. The van der Waals surface area contributed by atoms with Crippen LogP contribution in [0.15, 0.2) is 53.3 Å². The van der Waals surface area contributed by atoms with Gasteiger partial charge in [-0.15, -0.1) is 0 Å². The van der Waals surface area contributed by atoms with E-state index in [0.29, 0.717) is 13.0 Å². The Morgan fingerprint density at radius 2 is 1.78 bits per heavy atom. The van der Waals surface area contributed by atoms with Crippen molar-refractivity contribution in [3.05, 3.63) is 68.1 Å². The van der Waals surface area contributed by atoms with Crippen LogP contribution in [-0.2, 0) is 50.0 Å². The van der Waals surface area contributed by atoms with Crippen LogP contribution in [0.2, 0.25) is 0 Å². The summed E-state index contributed by atoms with van der Waals surface area (Å²) in [5.41, 5.74) is 2.96. The van der Waals surface area contributed by atoms with Crippen LogP contribution >= 0.6 is 22.6 Å². The van der Waals surface area contributed by atoms with Gasteiger partial charge < -0.3 is 33.6 Å². The number of nitrogens with zero attached hydrogens (tertiary/aromatic N) is 3. The maximum atomic E-state index is 15.3. The Morgan fingerprint density at radius 3 is 2.46 bits per heavy atom. The van der Waals surface area contributed by atoms with Crippen LogP contribution in [0.1, 0.15) is 64.1 Å². The van der Waals surface area contributed by atoms with Crippen molar-refractivity contribution in [3.8, 4) is 0 Å². The van der Waals surface area contributed by atoms with Gasteiger partial charge in [-0.1, -0.05) is 38.0 Å². The Labute approximate surface area is 361 Å². The molecule has 318 valence electrons. The molecule has 2 aliphatic carbocycles. The molecule has 59 heavy (non-hydrogen) atoms. The molecule has 7 aliphatic rings. The minimum Gasteiger partial charge on any atom is -0.468 e. The van der Waals surface area contributed by atoms with Crippen LogP contribution in [0.5, 0.6) is 0 Å². The summed E-state index contributed by atoms with van der Waals surface area (Å²) in [4.78, 5) is 54.3. The molecule has 4 fully saturated rings. The summed E-state index contributed by atoms with van der Waals surface area (Å²) >= 11 is 2.38. The standard InChI is InChI=1S/C46H59IN4O8/c1-9-26-17-27-21-45(42(53)56-6,38-31(24-50(22-26)23-27)30-18-29(47)11-12-34(30)48-38)33-19-32-35(20-36(33)55-5)49(4)41-44(32)14-16-51-15-13-28(10-2)37(39(44)51)40(59-25(3)52)46(41,58-8)43(54)57-7/h11-12,17-20,27-28,33,36-37,39-41,48H,9-10,13-16,21-24H2,1-8H3/t27-,28+,33?,36?,37?,39+,40-,41-,44-,45+,46-/m1/s1. The summed E-state index contributed by atoms with van der Waals surface area (Å²) in [7, 11) is 8.20. The van der Waals surface area contributed by atoms with E-state index in [2.05, 4.69) is 92.5 Å². The van der Waals surface area contributed by atoms with Crippen molar-refractivity contribution in [2.24, 2.45) is 29.1 Å². The molecule has 0 radical (unpaired) electrons. The zero-order valence-electron chi connectivity index (χ0n) is 35.6. The van der Waals surface area contributed by atoms with E-state index in [1.54, 1.807) is 14.2 Å². The maximum Gasteiger partial charge on any atom is 0.344 e. The van der Waals surface area contributed by atoms with E-state index >= 15 is 4.79 Å². The monoisotopic (exact) mass is 922 g/mol. The van der Waals surface area contributed by atoms with Gasteiger partial charge in [0.25, 0.3) is 0 Å². The molecule has 6 heterocycles. The van der Waals surface area contributed by atoms with Gasteiger partial charge in [0.1, 0.15) is 11.5 Å². The predicted octanol–water partition coefficient (Wildman–Crippen LogP) is 5.73. The number of likely N-dealkylation sites (N-methyl/N-ethyl adjacent to an activating group) is 1. The van der Waals surface area contributed by atoms with E-state index < -0.39 is 52.5 Å². The fourth-order valence-corrected chi connectivity index (χ4v) is 14.3. The lowest BCUT2D eigenvalue weighted by Crippen LogP contribution is -2.78. The van der Waals surface area contributed by atoms with E-state index in [1.807, 2.05) is 7.05 Å². The number of allylic oxidation sites excluding steroid dienone is 1. The smallest absolute Gasteiger partial charge is 0.344 e. The molecule has 5 aliphatic heterocycles. The largest absolute Gasteiger partial charge is 0.468 e. The first-order valence-corrected chi connectivity index (χ1v) is 22.5. The number of carbonyl (C=O) groups is 3. The number of benzene rings is 1. The van der Waals surface area contributed by atoms with Gasteiger partial charge in [0.2, 0.25) is 5.60 Å². The molecule has 2 bridgehead atoms. The molecule has 1 N–H and O–H groups in total. The zero-order chi connectivity index (χ0) is 41.8. The van der Waals surface area contributed by atoms with Crippen LogP contribution < -0.4 is 0 Å². The number of fused-ring (bicyclic) bond motifs is 6. The molecule has 12 atom stereocenters. The van der Waals surface area contributed by atoms with Gasteiger partial charge >= 0.3 is 17.9 Å². The van der Waals surface area contributed by atoms with Gasteiger partial charge in [-0.3, -0.25) is 19.4 Å². The van der Waals surface area contributed by atoms with Gasteiger partial charge in [-0.05, 0) is 109 Å². The number of ether oxygens (including phenoxy) is 5. The average molecular weight is 923 g/mol. The third-order valence-corrected chi connectivity index (χ3v) is 16.5. The van der Waals surface area contributed by atoms with E-state index in [-0.39, 0.29) is 29.8 Å². The highest BCUT2D eigenvalue weighted by Crippen LogP contribution is 2.69.